The summed E-state index contributed by atoms with van der Waals surface area (Å²) in [6.45, 7) is 1.80. The second kappa shape index (κ2) is 5.01. The molecule has 2 rings (SSSR count). The topological polar surface area (TPSA) is 94.2 Å². The number of pyridine rings is 1. The molecular formula is C13H15N3O3S. The van der Waals surface area contributed by atoms with Gasteiger partial charge in [-0.15, -0.1) is 0 Å². The first-order chi connectivity index (χ1) is 9.29. The van der Waals surface area contributed by atoms with Crippen LogP contribution in [0.4, 0.5) is 11.4 Å². The Kier molecular flexibility index (Phi) is 3.54. The Balaban J connectivity index is 2.37. The van der Waals surface area contributed by atoms with Crippen molar-refractivity contribution in [1.29, 1.82) is 0 Å². The molecule has 2 aromatic rings. The molecule has 0 atom stereocenters. The molecule has 20 heavy (non-hydrogen) atoms. The molecule has 1 heterocycles. The lowest BCUT2D eigenvalue weighted by molar-refractivity contribution is 0.601. The summed E-state index contributed by atoms with van der Waals surface area (Å²) in [4.78, 5) is 11.3. The molecule has 0 aliphatic carbocycles. The van der Waals surface area contributed by atoms with Gasteiger partial charge in [0, 0.05) is 25.0 Å². The summed E-state index contributed by atoms with van der Waals surface area (Å²) in [5, 5.41) is 0. The zero-order valence-corrected chi connectivity index (χ0v) is 11.9. The average molecular weight is 293 g/mol. The van der Waals surface area contributed by atoms with Gasteiger partial charge in [0.25, 0.3) is 10.0 Å². The van der Waals surface area contributed by atoms with E-state index in [4.69, 9.17) is 5.73 Å². The number of aryl methyl sites for hydroxylation is 2. The maximum Gasteiger partial charge on any atom is 0.262 e. The highest BCUT2D eigenvalue weighted by Crippen LogP contribution is 2.19. The van der Waals surface area contributed by atoms with Gasteiger partial charge in [0.05, 0.1) is 10.6 Å². The molecular weight excluding hydrogens is 278 g/mol. The van der Waals surface area contributed by atoms with E-state index >= 15 is 0 Å². The van der Waals surface area contributed by atoms with Crippen LogP contribution in [0.5, 0.6) is 0 Å². The van der Waals surface area contributed by atoms with E-state index in [9.17, 15) is 13.2 Å². The molecule has 1 aromatic heterocycles. The van der Waals surface area contributed by atoms with E-state index in [1.807, 2.05) is 0 Å². The maximum absolute atomic E-state index is 12.2. The number of hydrogen-bond acceptors (Lipinski definition) is 4. The third-order valence-electron chi connectivity index (χ3n) is 2.90. The summed E-state index contributed by atoms with van der Waals surface area (Å²) in [5.41, 5.74) is 7.03. The van der Waals surface area contributed by atoms with Gasteiger partial charge in [0.15, 0.2) is 0 Å². The van der Waals surface area contributed by atoms with Crippen molar-refractivity contribution in [2.75, 3.05) is 10.5 Å². The van der Waals surface area contributed by atoms with Crippen LogP contribution in [0.25, 0.3) is 0 Å². The molecule has 106 valence electrons. The lowest BCUT2D eigenvalue weighted by Gasteiger charge is -2.10. The lowest BCUT2D eigenvalue weighted by atomic mass is 10.2. The number of nitrogens with zero attached hydrogens (tertiary/aromatic N) is 1. The highest BCUT2D eigenvalue weighted by atomic mass is 32.2. The molecule has 0 spiro atoms. The minimum absolute atomic E-state index is 0.0782. The van der Waals surface area contributed by atoms with E-state index < -0.39 is 10.0 Å². The summed E-state index contributed by atoms with van der Waals surface area (Å²) >= 11 is 0. The van der Waals surface area contributed by atoms with E-state index in [1.165, 1.54) is 35.0 Å². The van der Waals surface area contributed by atoms with Gasteiger partial charge in [-0.25, -0.2) is 8.42 Å². The number of aromatic nitrogens is 1. The fraction of sp³-hybridized carbons (Fsp3) is 0.154. The van der Waals surface area contributed by atoms with Gasteiger partial charge in [-0.05, 0) is 30.7 Å². The third-order valence-corrected chi connectivity index (χ3v) is 4.28. The minimum atomic E-state index is -3.73. The Morgan fingerprint density at radius 1 is 1.20 bits per heavy atom. The zero-order chi connectivity index (χ0) is 14.9. The molecule has 0 saturated heterocycles. The van der Waals surface area contributed by atoms with E-state index in [2.05, 4.69) is 4.72 Å². The van der Waals surface area contributed by atoms with Gasteiger partial charge in [0.1, 0.15) is 0 Å². The second-order valence-electron chi connectivity index (χ2n) is 4.49. The van der Waals surface area contributed by atoms with Crippen LogP contribution in [0.15, 0.2) is 46.2 Å². The number of anilines is 2. The molecule has 0 radical (unpaired) electrons. The van der Waals surface area contributed by atoms with Crippen molar-refractivity contribution >= 4 is 21.4 Å². The van der Waals surface area contributed by atoms with E-state index in [1.54, 1.807) is 20.0 Å². The zero-order valence-electron chi connectivity index (χ0n) is 11.1. The largest absolute Gasteiger partial charge is 0.398 e. The standard InChI is InChI=1S/C13H15N3O3S/c1-9-3-5-11(7-12(9)14)20(18,19)15-10-4-6-13(17)16(2)8-10/h3-8,15H,14H2,1-2H3. The van der Waals surface area contributed by atoms with Gasteiger partial charge >= 0.3 is 0 Å². The van der Waals surface area contributed by atoms with Crippen molar-refractivity contribution in [1.82, 2.24) is 4.57 Å². The SMILES string of the molecule is Cc1ccc(S(=O)(=O)Nc2ccc(=O)n(C)c2)cc1N. The molecule has 0 unspecified atom stereocenters. The molecule has 0 amide bonds. The molecule has 0 saturated carbocycles. The Labute approximate surface area is 116 Å². The van der Waals surface area contributed by atoms with Crippen molar-refractivity contribution in [2.45, 2.75) is 11.8 Å². The number of sulfonamides is 1. The number of hydrogen-bond donors (Lipinski definition) is 2. The Morgan fingerprint density at radius 2 is 1.90 bits per heavy atom. The summed E-state index contributed by atoms with van der Waals surface area (Å²) < 4.78 is 28.1. The Hall–Kier alpha value is -2.28. The normalized spacial score (nSPS) is 11.3. The van der Waals surface area contributed by atoms with Gasteiger partial charge in [-0.3, -0.25) is 9.52 Å². The number of benzene rings is 1. The quantitative estimate of drug-likeness (QED) is 0.828. The monoisotopic (exact) mass is 293 g/mol. The molecule has 3 N–H and O–H groups in total. The first-order valence-corrected chi connectivity index (χ1v) is 7.33. The van der Waals surface area contributed by atoms with Crippen LogP contribution in [0.2, 0.25) is 0 Å². The van der Waals surface area contributed by atoms with Gasteiger partial charge < -0.3 is 10.3 Å². The van der Waals surface area contributed by atoms with E-state index in [0.29, 0.717) is 11.4 Å². The van der Waals surface area contributed by atoms with E-state index in [-0.39, 0.29) is 10.5 Å². The summed E-state index contributed by atoms with van der Waals surface area (Å²) in [7, 11) is -2.18. The van der Waals surface area contributed by atoms with Gasteiger partial charge in [-0.1, -0.05) is 6.07 Å². The predicted molar refractivity (Wildman–Crippen MR) is 78.1 cm³/mol. The lowest BCUT2D eigenvalue weighted by Crippen LogP contribution is -2.18. The first kappa shape index (κ1) is 14.1. The fourth-order valence-electron chi connectivity index (χ4n) is 1.65. The molecule has 6 nitrogen and oxygen atoms in total. The summed E-state index contributed by atoms with van der Waals surface area (Å²) in [6.07, 6.45) is 1.41. The van der Waals surface area contributed by atoms with Crippen molar-refractivity contribution in [3.05, 3.63) is 52.4 Å². The third kappa shape index (κ3) is 2.83. The molecule has 0 fully saturated rings. The van der Waals surface area contributed by atoms with Crippen molar-refractivity contribution in [2.24, 2.45) is 7.05 Å². The summed E-state index contributed by atoms with van der Waals surface area (Å²) in [6, 6.07) is 7.24. The number of nitrogen functional groups attached to an aromatic ring is 1. The van der Waals surface area contributed by atoms with Crippen molar-refractivity contribution in [3.8, 4) is 0 Å². The van der Waals surface area contributed by atoms with Crippen LogP contribution >= 0.6 is 0 Å². The molecule has 7 heteroatoms. The van der Waals surface area contributed by atoms with Crippen molar-refractivity contribution in [3.63, 3.8) is 0 Å². The fourth-order valence-corrected chi connectivity index (χ4v) is 2.73. The molecule has 1 aromatic carbocycles. The summed E-state index contributed by atoms with van der Waals surface area (Å²) in [5.74, 6) is 0. The second-order valence-corrected chi connectivity index (χ2v) is 6.17. The highest BCUT2D eigenvalue weighted by molar-refractivity contribution is 7.92. The average Bonchev–Trinajstić information content (AvgIpc) is 2.37. The van der Waals surface area contributed by atoms with Crippen molar-refractivity contribution < 1.29 is 8.42 Å². The van der Waals surface area contributed by atoms with Gasteiger partial charge in [-0.2, -0.15) is 0 Å². The Bertz CT molecular complexity index is 810. The van der Waals surface area contributed by atoms with Crippen LogP contribution in [-0.4, -0.2) is 13.0 Å². The molecule has 0 aliphatic rings. The number of nitrogens with one attached hydrogen (secondary N) is 1. The predicted octanol–water partition coefficient (Wildman–Crippen LogP) is 1.08. The van der Waals surface area contributed by atoms with Crippen LogP contribution < -0.4 is 16.0 Å². The smallest absolute Gasteiger partial charge is 0.262 e. The van der Waals surface area contributed by atoms with Gasteiger partial charge in [0.2, 0.25) is 5.56 Å². The highest BCUT2D eigenvalue weighted by Gasteiger charge is 2.15. The van der Waals surface area contributed by atoms with E-state index in [0.717, 1.165) is 5.56 Å². The number of rotatable bonds is 3. The van der Waals surface area contributed by atoms with Crippen LogP contribution in [0, 0.1) is 6.92 Å². The molecule has 0 bridgehead atoms. The molecule has 0 aliphatic heterocycles. The van der Waals surface area contributed by atoms with Crippen LogP contribution in [-0.2, 0) is 17.1 Å². The van der Waals surface area contributed by atoms with Crippen LogP contribution in [0.3, 0.4) is 0 Å². The Morgan fingerprint density at radius 3 is 2.50 bits per heavy atom. The first-order valence-electron chi connectivity index (χ1n) is 5.85. The maximum atomic E-state index is 12.2. The minimum Gasteiger partial charge on any atom is -0.398 e. The number of nitrogens with two attached hydrogens (primary N) is 1. The van der Waals surface area contributed by atoms with Crippen LogP contribution in [0.1, 0.15) is 5.56 Å².